The van der Waals surface area contributed by atoms with Gasteiger partial charge in [0.15, 0.2) is 0 Å². The van der Waals surface area contributed by atoms with Crippen LogP contribution in [0, 0.1) is 6.92 Å². The van der Waals surface area contributed by atoms with Gasteiger partial charge in [-0.3, -0.25) is 4.79 Å². The molecule has 1 N–H and O–H groups in total. The molecule has 6 heteroatoms. The third kappa shape index (κ3) is 4.16. The number of hydrogen-bond donors (Lipinski definition) is 1. The molecule has 0 aliphatic carbocycles. The van der Waals surface area contributed by atoms with Crippen LogP contribution in [0.2, 0.25) is 5.02 Å². The molecule has 110 valence electrons. The largest absolute Gasteiger partial charge is 0.433 e. The second-order valence-corrected chi connectivity index (χ2v) is 4.75. The third-order valence-electron chi connectivity index (χ3n) is 2.69. The van der Waals surface area contributed by atoms with Gasteiger partial charge in [0.25, 0.3) is 5.91 Å². The number of aryl methyl sites for hydroxylation is 1. The topological polar surface area (TPSA) is 38.3 Å². The first-order chi connectivity index (χ1) is 9.95. The normalized spacial score (nSPS) is 10.5. The maximum Gasteiger partial charge on any atom is 0.387 e. The number of benzene rings is 2. The van der Waals surface area contributed by atoms with Crippen molar-refractivity contribution in [2.24, 2.45) is 0 Å². The van der Waals surface area contributed by atoms with Crippen LogP contribution in [0.25, 0.3) is 0 Å². The van der Waals surface area contributed by atoms with Crippen molar-refractivity contribution in [2.75, 3.05) is 5.32 Å². The van der Waals surface area contributed by atoms with E-state index in [2.05, 4.69) is 10.1 Å². The van der Waals surface area contributed by atoms with Gasteiger partial charge in [0, 0.05) is 11.3 Å². The van der Waals surface area contributed by atoms with Gasteiger partial charge < -0.3 is 10.1 Å². The van der Waals surface area contributed by atoms with Crippen molar-refractivity contribution in [1.82, 2.24) is 0 Å². The lowest BCUT2D eigenvalue weighted by Crippen LogP contribution is -2.12. The first-order valence-corrected chi connectivity index (χ1v) is 6.46. The van der Waals surface area contributed by atoms with Crippen LogP contribution in [0.1, 0.15) is 15.9 Å². The number of nitrogens with one attached hydrogen (secondary N) is 1. The van der Waals surface area contributed by atoms with Crippen LogP contribution in [-0.2, 0) is 0 Å². The lowest BCUT2D eigenvalue weighted by molar-refractivity contribution is -0.0497. The number of carbonyl (C=O) groups is 1. The number of anilines is 1. The molecular formula is C15H12ClF2NO2. The highest BCUT2D eigenvalue weighted by Crippen LogP contribution is 2.29. The van der Waals surface area contributed by atoms with Crippen LogP contribution < -0.4 is 10.1 Å². The zero-order valence-electron chi connectivity index (χ0n) is 11.1. The molecule has 0 bridgehead atoms. The average Bonchev–Trinajstić information content (AvgIpc) is 2.41. The summed E-state index contributed by atoms with van der Waals surface area (Å²) >= 11 is 5.82. The number of halogens is 3. The molecule has 0 fully saturated rings. The minimum absolute atomic E-state index is 0.00246. The predicted molar refractivity (Wildman–Crippen MR) is 77.2 cm³/mol. The van der Waals surface area contributed by atoms with Crippen molar-refractivity contribution in [3.8, 4) is 5.75 Å². The molecule has 0 saturated heterocycles. The van der Waals surface area contributed by atoms with Crippen LogP contribution in [0.3, 0.4) is 0 Å². The fraction of sp³-hybridized carbons (Fsp3) is 0.133. The van der Waals surface area contributed by atoms with E-state index >= 15 is 0 Å². The highest BCUT2D eigenvalue weighted by molar-refractivity contribution is 6.32. The van der Waals surface area contributed by atoms with Gasteiger partial charge in [0.05, 0.1) is 5.02 Å². The molecule has 1 amide bonds. The monoisotopic (exact) mass is 311 g/mol. The molecule has 21 heavy (non-hydrogen) atoms. The Labute approximate surface area is 125 Å². The average molecular weight is 312 g/mol. The number of carbonyl (C=O) groups excluding carboxylic acids is 1. The predicted octanol–water partition coefficient (Wildman–Crippen LogP) is 4.50. The van der Waals surface area contributed by atoms with Crippen LogP contribution in [0.5, 0.6) is 5.75 Å². The first kappa shape index (κ1) is 15.3. The van der Waals surface area contributed by atoms with Crippen LogP contribution in [-0.4, -0.2) is 12.5 Å². The summed E-state index contributed by atoms with van der Waals surface area (Å²) in [7, 11) is 0. The van der Waals surface area contributed by atoms with E-state index in [1.807, 2.05) is 13.0 Å². The highest BCUT2D eigenvalue weighted by Gasteiger charge is 2.11. The summed E-state index contributed by atoms with van der Waals surface area (Å²) in [6.45, 7) is -1.07. The Bertz CT molecular complexity index is 662. The molecule has 0 spiro atoms. The Morgan fingerprint density at radius 3 is 2.62 bits per heavy atom. The van der Waals surface area contributed by atoms with Gasteiger partial charge in [-0.1, -0.05) is 29.3 Å². The van der Waals surface area contributed by atoms with Gasteiger partial charge in [-0.15, -0.1) is 0 Å². The summed E-state index contributed by atoms with van der Waals surface area (Å²) in [6, 6.07) is 11.1. The van der Waals surface area contributed by atoms with Gasteiger partial charge in [0.1, 0.15) is 5.75 Å². The quantitative estimate of drug-likeness (QED) is 0.902. The van der Waals surface area contributed by atoms with Gasteiger partial charge >= 0.3 is 6.61 Å². The minimum atomic E-state index is -2.95. The van der Waals surface area contributed by atoms with Gasteiger partial charge in [0.2, 0.25) is 0 Å². The van der Waals surface area contributed by atoms with Crippen molar-refractivity contribution >= 4 is 23.2 Å². The second kappa shape index (κ2) is 6.54. The van der Waals surface area contributed by atoms with Gasteiger partial charge in [-0.25, -0.2) is 0 Å². The van der Waals surface area contributed by atoms with Crippen LogP contribution in [0.15, 0.2) is 42.5 Å². The summed E-state index contributed by atoms with van der Waals surface area (Å²) in [5, 5.41) is 2.64. The summed E-state index contributed by atoms with van der Waals surface area (Å²) in [5.41, 5.74) is 1.86. The summed E-state index contributed by atoms with van der Waals surface area (Å²) < 4.78 is 28.5. The van der Waals surface area contributed by atoms with Gasteiger partial charge in [-0.05, 0) is 37.3 Å². The van der Waals surface area contributed by atoms with E-state index in [0.717, 1.165) is 5.56 Å². The Morgan fingerprint density at radius 1 is 1.24 bits per heavy atom. The van der Waals surface area contributed by atoms with E-state index in [-0.39, 0.29) is 16.7 Å². The third-order valence-corrected chi connectivity index (χ3v) is 2.98. The minimum Gasteiger partial charge on any atom is -0.433 e. The van der Waals surface area contributed by atoms with Crippen molar-refractivity contribution in [1.29, 1.82) is 0 Å². The van der Waals surface area contributed by atoms with E-state index < -0.39 is 6.61 Å². The molecule has 0 atom stereocenters. The molecule has 0 aliphatic rings. The molecule has 2 aromatic rings. The maximum absolute atomic E-state index is 12.1. The zero-order chi connectivity index (χ0) is 15.4. The standard InChI is InChI=1S/C15H12ClF2NO2/c1-9-3-2-4-10(7-9)14(20)19-11-5-6-13(12(16)8-11)21-15(17)18/h2-8,15H,1H3,(H,19,20). The zero-order valence-corrected chi connectivity index (χ0v) is 11.8. The molecular weight excluding hydrogens is 300 g/mol. The first-order valence-electron chi connectivity index (χ1n) is 6.08. The molecule has 0 radical (unpaired) electrons. The summed E-state index contributed by atoms with van der Waals surface area (Å²) in [4.78, 5) is 12.0. The number of hydrogen-bond acceptors (Lipinski definition) is 2. The molecule has 3 nitrogen and oxygen atoms in total. The second-order valence-electron chi connectivity index (χ2n) is 4.35. The number of rotatable bonds is 4. The number of amides is 1. The van der Waals surface area contributed by atoms with Crippen molar-refractivity contribution in [3.05, 3.63) is 58.6 Å². The number of ether oxygens (including phenoxy) is 1. The molecule has 0 saturated carbocycles. The molecule has 0 heterocycles. The lowest BCUT2D eigenvalue weighted by Gasteiger charge is -2.10. The number of alkyl halides is 2. The van der Waals surface area contributed by atoms with Crippen LogP contribution >= 0.6 is 11.6 Å². The van der Waals surface area contributed by atoms with Crippen molar-refractivity contribution < 1.29 is 18.3 Å². The van der Waals surface area contributed by atoms with Crippen molar-refractivity contribution in [3.63, 3.8) is 0 Å². The SMILES string of the molecule is Cc1cccc(C(=O)Nc2ccc(OC(F)F)c(Cl)c2)c1. The van der Waals surface area contributed by atoms with E-state index in [1.54, 1.807) is 18.2 Å². The molecule has 0 aliphatic heterocycles. The fourth-order valence-electron chi connectivity index (χ4n) is 1.76. The van der Waals surface area contributed by atoms with Crippen LogP contribution in [0.4, 0.5) is 14.5 Å². The Hall–Kier alpha value is -2.14. The Morgan fingerprint density at radius 2 is 2.00 bits per heavy atom. The van der Waals surface area contributed by atoms with E-state index in [9.17, 15) is 13.6 Å². The Kier molecular flexibility index (Phi) is 4.75. The molecule has 0 aromatic heterocycles. The summed E-state index contributed by atoms with van der Waals surface area (Å²) in [6.07, 6.45) is 0. The van der Waals surface area contributed by atoms with E-state index in [4.69, 9.17) is 11.6 Å². The Balaban J connectivity index is 2.13. The smallest absolute Gasteiger partial charge is 0.387 e. The van der Waals surface area contributed by atoms with E-state index in [1.165, 1.54) is 18.2 Å². The molecule has 2 aromatic carbocycles. The van der Waals surface area contributed by atoms with Crippen molar-refractivity contribution in [2.45, 2.75) is 13.5 Å². The molecule has 2 rings (SSSR count). The van der Waals surface area contributed by atoms with E-state index in [0.29, 0.717) is 11.3 Å². The highest BCUT2D eigenvalue weighted by atomic mass is 35.5. The molecule has 0 unspecified atom stereocenters. The summed E-state index contributed by atoms with van der Waals surface area (Å²) in [5.74, 6) is -0.447. The maximum atomic E-state index is 12.1. The van der Waals surface area contributed by atoms with Gasteiger partial charge in [-0.2, -0.15) is 8.78 Å². The fourth-order valence-corrected chi connectivity index (χ4v) is 1.98. The lowest BCUT2D eigenvalue weighted by atomic mass is 10.1.